The Morgan fingerprint density at radius 3 is 2.55 bits per heavy atom. The molecule has 1 saturated heterocycles. The lowest BCUT2D eigenvalue weighted by Gasteiger charge is -2.26. The molecule has 42 heavy (non-hydrogen) atoms. The van der Waals surface area contributed by atoms with Crippen LogP contribution in [0.15, 0.2) is 97.3 Å². The van der Waals surface area contributed by atoms with Crippen LogP contribution in [0.4, 0.5) is 11.6 Å². The van der Waals surface area contributed by atoms with E-state index in [1.54, 1.807) is 12.4 Å². The lowest BCUT2D eigenvalue weighted by molar-refractivity contribution is 0.214. The van der Waals surface area contributed by atoms with Gasteiger partial charge in [-0.2, -0.15) is 0 Å². The highest BCUT2D eigenvalue weighted by Gasteiger charge is 2.11. The van der Waals surface area contributed by atoms with E-state index < -0.39 is 0 Å². The van der Waals surface area contributed by atoms with Crippen LogP contribution >= 0.6 is 0 Å². The molecule has 0 aliphatic carbocycles. The third-order valence-electron chi connectivity index (χ3n) is 7.05. The average molecular weight is 562 g/mol. The summed E-state index contributed by atoms with van der Waals surface area (Å²) >= 11 is 0. The first-order valence-corrected chi connectivity index (χ1v) is 14.4. The number of ether oxygens (including phenoxy) is 2. The van der Waals surface area contributed by atoms with Gasteiger partial charge in [0.1, 0.15) is 23.9 Å². The maximum Gasteiger partial charge on any atom is 0.227 e. The zero-order valence-corrected chi connectivity index (χ0v) is 23.5. The fourth-order valence-corrected chi connectivity index (χ4v) is 4.85. The number of anilines is 2. The van der Waals surface area contributed by atoms with Gasteiger partial charge in [-0.15, -0.1) is 0 Å². The van der Waals surface area contributed by atoms with E-state index in [-0.39, 0.29) is 0 Å². The molecule has 0 radical (unpaired) electrons. The van der Waals surface area contributed by atoms with Crippen LogP contribution in [-0.4, -0.2) is 64.2 Å². The number of aromatic nitrogens is 4. The molecule has 3 N–H and O–H groups in total. The van der Waals surface area contributed by atoms with E-state index in [4.69, 9.17) is 14.5 Å². The molecule has 0 amide bonds. The van der Waals surface area contributed by atoms with Crippen LogP contribution in [0.3, 0.4) is 0 Å². The quantitative estimate of drug-likeness (QED) is 0.171. The van der Waals surface area contributed by atoms with E-state index in [1.807, 2.05) is 72.8 Å². The summed E-state index contributed by atoms with van der Waals surface area (Å²) in [6.07, 6.45) is 4.52. The molecule has 0 saturated carbocycles. The van der Waals surface area contributed by atoms with Crippen molar-refractivity contribution < 1.29 is 9.47 Å². The molecule has 3 heterocycles. The van der Waals surface area contributed by atoms with Gasteiger partial charge in [0.05, 0.1) is 24.2 Å². The van der Waals surface area contributed by atoms with Crippen molar-refractivity contribution in [3.8, 4) is 34.3 Å². The molecule has 1 aliphatic rings. The van der Waals surface area contributed by atoms with Crippen LogP contribution in [0.1, 0.15) is 12.0 Å². The number of hydrogen-bond acceptors (Lipinski definition) is 8. The van der Waals surface area contributed by atoms with Gasteiger partial charge in [-0.3, -0.25) is 0 Å². The lowest BCUT2D eigenvalue weighted by atomic mass is 10.2. The molecule has 3 aromatic carbocycles. The van der Waals surface area contributed by atoms with Gasteiger partial charge in [0.25, 0.3) is 0 Å². The summed E-state index contributed by atoms with van der Waals surface area (Å²) in [5.41, 5.74) is 4.46. The maximum atomic E-state index is 6.01. The van der Waals surface area contributed by atoms with Crippen LogP contribution in [0.25, 0.3) is 22.8 Å². The summed E-state index contributed by atoms with van der Waals surface area (Å²) in [6.45, 7) is 6.60. The monoisotopic (exact) mass is 561 g/mol. The van der Waals surface area contributed by atoms with Crippen molar-refractivity contribution in [2.45, 2.75) is 13.0 Å². The average Bonchev–Trinajstić information content (AvgIpc) is 3.55. The molecule has 9 nitrogen and oxygen atoms in total. The van der Waals surface area contributed by atoms with Gasteiger partial charge in [0.2, 0.25) is 5.95 Å². The second kappa shape index (κ2) is 13.8. The number of nitrogens with zero attached hydrogens (tertiary/aromatic N) is 4. The van der Waals surface area contributed by atoms with Gasteiger partial charge >= 0.3 is 0 Å². The normalized spacial score (nSPS) is 13.5. The number of hydrogen-bond donors (Lipinski definition) is 3. The number of benzene rings is 3. The first kappa shape index (κ1) is 27.4. The molecule has 9 heteroatoms. The molecular weight excluding hydrogens is 526 g/mol. The molecule has 0 unspecified atom stereocenters. The van der Waals surface area contributed by atoms with Crippen LogP contribution in [0.2, 0.25) is 0 Å². The minimum absolute atomic E-state index is 0.496. The smallest absolute Gasteiger partial charge is 0.227 e. The Bertz CT molecular complexity index is 1570. The Morgan fingerprint density at radius 1 is 0.833 bits per heavy atom. The first-order chi connectivity index (χ1) is 20.8. The summed E-state index contributed by atoms with van der Waals surface area (Å²) in [5, 5.41) is 6.69. The lowest BCUT2D eigenvalue weighted by Crippen LogP contribution is -2.43. The molecular formula is C33H35N7O2. The van der Waals surface area contributed by atoms with E-state index in [1.165, 1.54) is 0 Å². The highest BCUT2D eigenvalue weighted by Crippen LogP contribution is 2.26. The number of H-pyrrole nitrogens is 1. The van der Waals surface area contributed by atoms with E-state index in [0.29, 0.717) is 19.2 Å². The number of nitrogens with one attached hydrogen (secondary N) is 3. The second-order valence-corrected chi connectivity index (χ2v) is 10.2. The summed E-state index contributed by atoms with van der Waals surface area (Å²) in [7, 11) is 0. The van der Waals surface area contributed by atoms with E-state index >= 15 is 0 Å². The van der Waals surface area contributed by atoms with Crippen molar-refractivity contribution in [3.05, 3.63) is 103 Å². The fourth-order valence-electron chi connectivity index (χ4n) is 4.85. The maximum absolute atomic E-state index is 6.01. The largest absolute Gasteiger partial charge is 0.493 e. The SMILES string of the molecule is c1ccc(COc2cccc(-c3ncc(-c4ccnc(Nc5cccc(OCCCN6CCNCC6)c5)n4)[nH]3)c2)cc1. The minimum atomic E-state index is 0.496. The molecule has 214 valence electrons. The highest BCUT2D eigenvalue weighted by atomic mass is 16.5. The van der Waals surface area contributed by atoms with Gasteiger partial charge in [0, 0.05) is 56.2 Å². The molecule has 0 bridgehead atoms. The Balaban J connectivity index is 1.06. The van der Waals surface area contributed by atoms with Crippen molar-refractivity contribution in [1.29, 1.82) is 0 Å². The standard InChI is InChI=1S/C33H35N7O2/c1-2-7-25(8-3-1)24-42-28-11-4-9-26(21-28)32-36-23-31(38-32)30-13-14-35-33(39-30)37-27-10-5-12-29(22-27)41-20-6-17-40-18-15-34-16-19-40/h1-5,7-14,21-23,34H,6,15-20,24H2,(H,36,38)(H,35,37,39). The molecule has 6 rings (SSSR count). The van der Waals surface area contributed by atoms with Crippen LogP contribution in [0.5, 0.6) is 11.5 Å². The van der Waals surface area contributed by atoms with Crippen molar-refractivity contribution in [1.82, 2.24) is 30.2 Å². The Kier molecular flexibility index (Phi) is 8.99. The van der Waals surface area contributed by atoms with Gasteiger partial charge < -0.3 is 30.0 Å². The van der Waals surface area contributed by atoms with Crippen molar-refractivity contribution >= 4 is 11.6 Å². The molecule has 1 fully saturated rings. The summed E-state index contributed by atoms with van der Waals surface area (Å²) in [5.74, 6) is 2.85. The van der Waals surface area contributed by atoms with Crippen molar-refractivity contribution in [3.63, 3.8) is 0 Å². The van der Waals surface area contributed by atoms with E-state index in [0.717, 1.165) is 84.7 Å². The van der Waals surface area contributed by atoms with E-state index in [2.05, 4.69) is 42.6 Å². The Hall–Kier alpha value is -4.73. The molecule has 0 spiro atoms. The highest BCUT2D eigenvalue weighted by molar-refractivity contribution is 5.64. The third kappa shape index (κ3) is 7.51. The zero-order chi connectivity index (χ0) is 28.4. The van der Waals surface area contributed by atoms with Gasteiger partial charge in [0.15, 0.2) is 0 Å². The van der Waals surface area contributed by atoms with Gasteiger partial charge in [-0.1, -0.05) is 48.5 Å². The number of imidazole rings is 1. The molecule has 1 aliphatic heterocycles. The summed E-state index contributed by atoms with van der Waals surface area (Å²) in [6, 6.07) is 27.8. The second-order valence-electron chi connectivity index (χ2n) is 10.2. The van der Waals surface area contributed by atoms with Crippen LogP contribution < -0.4 is 20.1 Å². The van der Waals surface area contributed by atoms with Gasteiger partial charge in [-0.25, -0.2) is 15.0 Å². The fraction of sp³-hybridized carbons (Fsp3) is 0.242. The van der Waals surface area contributed by atoms with Crippen molar-refractivity contribution in [2.24, 2.45) is 0 Å². The van der Waals surface area contributed by atoms with Crippen LogP contribution in [0, 0.1) is 0 Å². The number of piperazine rings is 1. The molecule has 2 aromatic heterocycles. The first-order valence-electron chi connectivity index (χ1n) is 14.4. The van der Waals surface area contributed by atoms with E-state index in [9.17, 15) is 0 Å². The van der Waals surface area contributed by atoms with Crippen LogP contribution in [-0.2, 0) is 6.61 Å². The number of aromatic amines is 1. The topological polar surface area (TPSA) is 100 Å². The number of rotatable bonds is 12. The molecule has 5 aromatic rings. The Morgan fingerprint density at radius 2 is 1.67 bits per heavy atom. The summed E-state index contributed by atoms with van der Waals surface area (Å²) in [4.78, 5) is 19.6. The minimum Gasteiger partial charge on any atom is -0.493 e. The zero-order valence-electron chi connectivity index (χ0n) is 23.5. The summed E-state index contributed by atoms with van der Waals surface area (Å²) < 4.78 is 12.0. The molecule has 0 atom stereocenters. The van der Waals surface area contributed by atoms with Crippen molar-refractivity contribution in [2.75, 3.05) is 44.6 Å². The Labute approximate surface area is 246 Å². The predicted octanol–water partition coefficient (Wildman–Crippen LogP) is 5.53. The predicted molar refractivity (Wildman–Crippen MR) is 165 cm³/mol. The van der Waals surface area contributed by atoms with Gasteiger partial charge in [-0.05, 0) is 42.3 Å². The third-order valence-corrected chi connectivity index (χ3v) is 7.05.